The third-order valence-corrected chi connectivity index (χ3v) is 4.76. The standard InChI is InChI=1S/C19H22O2S/c1-12-5-7-16(14(3)9-12)19(11-22,18(20)21)17-8-6-13(2)10-15(17)4/h5-10,22H,11H2,1-4H3,(H,20,21). The van der Waals surface area contributed by atoms with E-state index in [0.29, 0.717) is 0 Å². The molecule has 2 rings (SSSR count). The first-order valence-electron chi connectivity index (χ1n) is 7.32. The number of aryl methyl sites for hydroxylation is 4. The van der Waals surface area contributed by atoms with Crippen LogP contribution in [0.25, 0.3) is 0 Å². The van der Waals surface area contributed by atoms with Crippen molar-refractivity contribution >= 4 is 18.6 Å². The van der Waals surface area contributed by atoms with Crippen LogP contribution in [-0.4, -0.2) is 16.8 Å². The van der Waals surface area contributed by atoms with E-state index in [4.69, 9.17) is 0 Å². The Morgan fingerprint density at radius 3 is 1.64 bits per heavy atom. The van der Waals surface area contributed by atoms with Gasteiger partial charge < -0.3 is 5.11 Å². The Bertz CT molecular complexity index is 668. The van der Waals surface area contributed by atoms with E-state index in [-0.39, 0.29) is 5.75 Å². The summed E-state index contributed by atoms with van der Waals surface area (Å²) in [6.45, 7) is 7.95. The van der Waals surface area contributed by atoms with Crippen LogP contribution < -0.4 is 0 Å². The molecule has 0 aliphatic carbocycles. The van der Waals surface area contributed by atoms with Crippen LogP contribution in [0, 0.1) is 27.7 Å². The smallest absolute Gasteiger partial charge is 0.319 e. The van der Waals surface area contributed by atoms with Gasteiger partial charge in [-0.2, -0.15) is 12.6 Å². The number of rotatable bonds is 4. The highest BCUT2D eigenvalue weighted by Crippen LogP contribution is 2.38. The fraction of sp³-hybridized carbons (Fsp3) is 0.316. The molecule has 0 fully saturated rings. The highest BCUT2D eigenvalue weighted by atomic mass is 32.1. The van der Waals surface area contributed by atoms with Crippen LogP contribution in [0.2, 0.25) is 0 Å². The predicted octanol–water partition coefficient (Wildman–Crippen LogP) is 4.22. The van der Waals surface area contributed by atoms with E-state index in [0.717, 1.165) is 33.4 Å². The van der Waals surface area contributed by atoms with Gasteiger partial charge in [-0.1, -0.05) is 47.5 Å². The van der Waals surface area contributed by atoms with Crippen LogP contribution in [0.1, 0.15) is 33.4 Å². The van der Waals surface area contributed by atoms with Crippen LogP contribution in [0.15, 0.2) is 36.4 Å². The number of benzene rings is 2. The highest BCUT2D eigenvalue weighted by Gasteiger charge is 2.43. The highest BCUT2D eigenvalue weighted by molar-refractivity contribution is 7.80. The summed E-state index contributed by atoms with van der Waals surface area (Å²) in [6, 6.07) is 11.8. The zero-order chi connectivity index (χ0) is 16.5. The number of carboxylic acids is 1. The van der Waals surface area contributed by atoms with Crippen molar-refractivity contribution in [1.29, 1.82) is 0 Å². The molecule has 0 aliphatic rings. The Balaban J connectivity index is 2.80. The summed E-state index contributed by atoms with van der Waals surface area (Å²) < 4.78 is 0. The lowest BCUT2D eigenvalue weighted by Crippen LogP contribution is -2.40. The minimum atomic E-state index is -1.13. The second-order valence-corrected chi connectivity index (χ2v) is 6.32. The monoisotopic (exact) mass is 314 g/mol. The first kappa shape index (κ1) is 16.6. The number of thiol groups is 1. The van der Waals surface area contributed by atoms with Crippen molar-refractivity contribution in [2.24, 2.45) is 0 Å². The molecule has 0 unspecified atom stereocenters. The Hall–Kier alpha value is -1.74. The van der Waals surface area contributed by atoms with Gasteiger partial charge in [0.15, 0.2) is 0 Å². The summed E-state index contributed by atoms with van der Waals surface area (Å²) in [6.07, 6.45) is 0. The van der Waals surface area contributed by atoms with Crippen LogP contribution in [0.4, 0.5) is 0 Å². The van der Waals surface area contributed by atoms with E-state index in [1.165, 1.54) is 0 Å². The van der Waals surface area contributed by atoms with Crippen molar-refractivity contribution in [2.75, 3.05) is 5.75 Å². The van der Waals surface area contributed by atoms with Gasteiger partial charge in [-0.15, -0.1) is 0 Å². The van der Waals surface area contributed by atoms with Gasteiger partial charge in [0.1, 0.15) is 5.41 Å². The minimum absolute atomic E-state index is 0.218. The summed E-state index contributed by atoms with van der Waals surface area (Å²) in [5, 5.41) is 10.1. The Kier molecular flexibility index (Phi) is 4.66. The van der Waals surface area contributed by atoms with E-state index in [1.54, 1.807) is 0 Å². The molecule has 0 heterocycles. The molecule has 0 atom stereocenters. The summed E-state index contributed by atoms with van der Waals surface area (Å²) in [4.78, 5) is 12.3. The second-order valence-electron chi connectivity index (χ2n) is 6.01. The average Bonchev–Trinajstić information content (AvgIpc) is 2.43. The maximum atomic E-state index is 12.3. The molecule has 0 saturated heterocycles. The summed E-state index contributed by atoms with van der Waals surface area (Å²) in [5.41, 5.74) is 4.72. The van der Waals surface area contributed by atoms with Gasteiger partial charge in [0.05, 0.1) is 0 Å². The van der Waals surface area contributed by atoms with E-state index >= 15 is 0 Å². The SMILES string of the molecule is Cc1ccc(C(CS)(C(=O)O)c2ccc(C)cc2C)c(C)c1. The molecule has 2 aromatic rings. The number of hydrogen-bond acceptors (Lipinski definition) is 2. The van der Waals surface area contributed by atoms with Crippen LogP contribution in [0.3, 0.4) is 0 Å². The lowest BCUT2D eigenvalue weighted by atomic mass is 9.72. The molecular formula is C19H22O2S. The normalized spacial score (nSPS) is 11.5. The molecule has 0 bridgehead atoms. The summed E-state index contributed by atoms with van der Waals surface area (Å²) >= 11 is 4.43. The van der Waals surface area contributed by atoms with E-state index in [2.05, 4.69) is 12.6 Å². The maximum absolute atomic E-state index is 12.3. The van der Waals surface area contributed by atoms with E-state index in [1.807, 2.05) is 64.1 Å². The third kappa shape index (κ3) is 2.66. The molecule has 0 aliphatic heterocycles. The number of carbonyl (C=O) groups is 1. The van der Waals surface area contributed by atoms with E-state index < -0.39 is 11.4 Å². The summed E-state index contributed by atoms with van der Waals surface area (Å²) in [7, 11) is 0. The van der Waals surface area contributed by atoms with Gasteiger partial charge in [0, 0.05) is 5.75 Å². The van der Waals surface area contributed by atoms with Crippen molar-refractivity contribution < 1.29 is 9.90 Å². The van der Waals surface area contributed by atoms with Crippen LogP contribution >= 0.6 is 12.6 Å². The molecule has 2 nitrogen and oxygen atoms in total. The van der Waals surface area contributed by atoms with Gasteiger partial charge in [-0.25, -0.2) is 0 Å². The van der Waals surface area contributed by atoms with Gasteiger partial charge >= 0.3 is 5.97 Å². The predicted molar refractivity (Wildman–Crippen MR) is 94.1 cm³/mol. The second kappa shape index (κ2) is 6.17. The van der Waals surface area contributed by atoms with Gasteiger partial charge in [0.25, 0.3) is 0 Å². The molecule has 0 spiro atoms. The van der Waals surface area contributed by atoms with Crippen LogP contribution in [-0.2, 0) is 10.2 Å². The minimum Gasteiger partial charge on any atom is -0.480 e. The maximum Gasteiger partial charge on any atom is 0.319 e. The van der Waals surface area contributed by atoms with E-state index in [9.17, 15) is 9.90 Å². The zero-order valence-electron chi connectivity index (χ0n) is 13.5. The molecule has 0 aromatic heterocycles. The fourth-order valence-corrected chi connectivity index (χ4v) is 3.67. The zero-order valence-corrected chi connectivity index (χ0v) is 14.4. The molecule has 2 aromatic carbocycles. The lowest BCUT2D eigenvalue weighted by Gasteiger charge is -2.32. The van der Waals surface area contributed by atoms with Crippen molar-refractivity contribution in [3.05, 3.63) is 69.8 Å². The number of hydrogen-bond donors (Lipinski definition) is 2. The largest absolute Gasteiger partial charge is 0.480 e. The Labute approximate surface area is 137 Å². The van der Waals surface area contributed by atoms with Crippen molar-refractivity contribution in [3.63, 3.8) is 0 Å². The third-order valence-electron chi connectivity index (χ3n) is 4.29. The Morgan fingerprint density at radius 2 is 1.36 bits per heavy atom. The van der Waals surface area contributed by atoms with Crippen LogP contribution in [0.5, 0.6) is 0 Å². The van der Waals surface area contributed by atoms with Crippen molar-refractivity contribution in [2.45, 2.75) is 33.1 Å². The van der Waals surface area contributed by atoms with Crippen molar-refractivity contribution in [3.8, 4) is 0 Å². The average molecular weight is 314 g/mol. The van der Waals surface area contributed by atoms with Crippen molar-refractivity contribution in [1.82, 2.24) is 0 Å². The molecule has 22 heavy (non-hydrogen) atoms. The topological polar surface area (TPSA) is 37.3 Å². The van der Waals surface area contributed by atoms with Gasteiger partial charge in [0.2, 0.25) is 0 Å². The number of carboxylic acid groups (broad SMARTS) is 1. The quantitative estimate of drug-likeness (QED) is 0.829. The first-order chi connectivity index (χ1) is 10.3. The molecule has 3 heteroatoms. The first-order valence-corrected chi connectivity index (χ1v) is 7.96. The number of aliphatic carboxylic acids is 1. The Morgan fingerprint density at radius 1 is 0.955 bits per heavy atom. The molecule has 116 valence electrons. The van der Waals surface area contributed by atoms with Gasteiger partial charge in [-0.3, -0.25) is 4.79 Å². The fourth-order valence-electron chi connectivity index (χ4n) is 3.20. The molecular weight excluding hydrogens is 292 g/mol. The lowest BCUT2D eigenvalue weighted by molar-refractivity contribution is -0.141. The molecule has 0 saturated carbocycles. The molecule has 0 amide bonds. The summed E-state index contributed by atoms with van der Waals surface area (Å²) in [5.74, 6) is -0.641. The van der Waals surface area contributed by atoms with Gasteiger partial charge in [-0.05, 0) is 49.9 Å². The molecule has 1 N–H and O–H groups in total. The molecule has 0 radical (unpaired) electrons.